The molecule has 8 atom stereocenters. The normalized spacial score (nSPS) is 20.0. The number of benzene rings is 1. The highest BCUT2D eigenvalue weighted by Gasteiger charge is 2.45. The Bertz CT molecular complexity index is 2930. The lowest BCUT2D eigenvalue weighted by Crippen LogP contribution is -2.63. The van der Waals surface area contributed by atoms with Gasteiger partial charge in [0.1, 0.15) is 18.4 Å². The monoisotopic (exact) mass is 1260 g/mol. The number of amides is 3. The minimum absolute atomic E-state index is 0.0420. The number of carbonyl (C=O) groups excluding carboxylic acids is 5. The first-order chi connectivity index (χ1) is 42.2. The van der Waals surface area contributed by atoms with E-state index in [4.69, 9.17) is 19.2 Å². The van der Waals surface area contributed by atoms with E-state index in [1.54, 1.807) is 68.3 Å². The first kappa shape index (κ1) is 72.8. The second-order valence-electron chi connectivity index (χ2n) is 26.7. The van der Waals surface area contributed by atoms with Crippen molar-refractivity contribution in [2.75, 3.05) is 60.6 Å². The number of fused-ring (bicyclic) bond motifs is 1. The third-order valence-corrected chi connectivity index (χ3v) is 20.0. The Labute approximate surface area is 532 Å². The second-order valence-corrected chi connectivity index (χ2v) is 27.7. The third-order valence-electron chi connectivity index (χ3n) is 19.1. The van der Waals surface area contributed by atoms with Gasteiger partial charge in [0.15, 0.2) is 0 Å². The number of thiazole rings is 1. The van der Waals surface area contributed by atoms with E-state index < -0.39 is 36.3 Å². The van der Waals surface area contributed by atoms with Gasteiger partial charge in [-0.05, 0) is 131 Å². The molecule has 0 spiro atoms. The molecule has 89 heavy (non-hydrogen) atoms. The van der Waals surface area contributed by atoms with E-state index in [0.717, 1.165) is 63.7 Å². The fourth-order valence-corrected chi connectivity index (χ4v) is 14.4. The largest absolute Gasteiger partial charge is 0.467 e. The first-order valence-corrected chi connectivity index (χ1v) is 33.8. The Morgan fingerprint density at radius 1 is 0.966 bits per heavy atom. The number of rotatable bonds is 27. The molecule has 2 aliphatic carbocycles. The number of nitrogens with zero attached hydrogens (tertiary/aromatic N) is 6. The molecular formula is C69H105F3N8O8S. The Kier molecular flexibility index (Phi) is 27.3. The maximum atomic E-state index is 14.9. The van der Waals surface area contributed by atoms with E-state index in [2.05, 4.69) is 62.2 Å². The number of halogens is 3. The molecule has 5 heterocycles. The van der Waals surface area contributed by atoms with Crippen molar-refractivity contribution >= 4 is 52.2 Å². The van der Waals surface area contributed by atoms with Gasteiger partial charge in [0, 0.05) is 105 Å². The van der Waals surface area contributed by atoms with Gasteiger partial charge in [-0.3, -0.25) is 38.9 Å². The predicted octanol–water partition coefficient (Wildman–Crippen LogP) is 13.2. The fraction of sp³-hybridized carbons (Fsp3) is 0.696. The summed E-state index contributed by atoms with van der Waals surface area (Å²) in [5.74, 6) is 3.35. The molecule has 20 heteroatoms. The zero-order valence-electron chi connectivity index (χ0n) is 55.9. The summed E-state index contributed by atoms with van der Waals surface area (Å²) < 4.78 is 62.6. The summed E-state index contributed by atoms with van der Waals surface area (Å²) in [4.78, 5) is 76.1. The molecule has 16 nitrogen and oxygen atoms in total. The Morgan fingerprint density at radius 3 is 2.26 bits per heavy atom. The van der Waals surface area contributed by atoms with Gasteiger partial charge in [-0.2, -0.15) is 13.2 Å². The van der Waals surface area contributed by atoms with E-state index in [9.17, 15) is 37.1 Å². The van der Waals surface area contributed by atoms with Crippen molar-refractivity contribution in [1.29, 1.82) is 0 Å². The lowest BCUT2D eigenvalue weighted by Gasteiger charge is -2.47. The summed E-state index contributed by atoms with van der Waals surface area (Å²) in [6, 6.07) is 7.53. The molecule has 3 aromatic heterocycles. The third kappa shape index (κ3) is 19.9. The van der Waals surface area contributed by atoms with Crippen LogP contribution >= 0.6 is 11.3 Å². The number of aromatic nitrogens is 3. The van der Waals surface area contributed by atoms with Crippen LogP contribution in [-0.4, -0.2) is 144 Å². The van der Waals surface area contributed by atoms with Crippen LogP contribution in [0.3, 0.4) is 0 Å². The Morgan fingerprint density at radius 2 is 1.69 bits per heavy atom. The zero-order chi connectivity index (χ0) is 65.4. The predicted molar refractivity (Wildman–Crippen MR) is 347 cm³/mol. The highest BCUT2D eigenvalue weighted by Crippen LogP contribution is 2.46. The number of hydrogen-bond acceptors (Lipinski definition) is 13. The highest BCUT2D eigenvalue weighted by molar-refractivity contribution is 7.10. The average molecular weight is 1260 g/mol. The summed E-state index contributed by atoms with van der Waals surface area (Å²) in [5.41, 5.74) is 5.88. The van der Waals surface area contributed by atoms with Gasteiger partial charge in [-0.1, -0.05) is 94.1 Å². The molecule has 0 bridgehead atoms. The fourth-order valence-electron chi connectivity index (χ4n) is 13.5. The van der Waals surface area contributed by atoms with Crippen molar-refractivity contribution in [2.24, 2.45) is 40.9 Å². The van der Waals surface area contributed by atoms with Gasteiger partial charge in [0.05, 0.1) is 53.1 Å². The van der Waals surface area contributed by atoms with Crippen molar-refractivity contribution in [2.45, 2.75) is 209 Å². The summed E-state index contributed by atoms with van der Waals surface area (Å²) in [7, 11) is 5.04. The van der Waals surface area contributed by atoms with Crippen molar-refractivity contribution in [3.8, 4) is 22.5 Å². The highest BCUT2D eigenvalue weighted by atomic mass is 32.1. The van der Waals surface area contributed by atoms with E-state index in [-0.39, 0.29) is 54.6 Å². The lowest BCUT2D eigenvalue weighted by atomic mass is 9.77. The van der Waals surface area contributed by atoms with Gasteiger partial charge in [0.25, 0.3) is 12.4 Å². The van der Waals surface area contributed by atoms with Gasteiger partial charge in [0.2, 0.25) is 11.8 Å². The van der Waals surface area contributed by atoms with E-state index in [1.807, 2.05) is 32.2 Å². The SMILES string of the molecule is CCC(=O)N(C)C.CCC(C)C(C1CC1)C(C)C(C)=O.CCC(C)CC1(CC)CN(C(C(=O)NC(Cc2nc(-c3ccc4c(c3)c(CC(C)(C)COC=O)c(-c3cccnc3C(C)OC)n4CC(F)(F)F)cs2)C(=O)N2CCCCN2)C2CCCC2)CCO1. The van der Waals surface area contributed by atoms with E-state index in [0.29, 0.717) is 119 Å². The number of hydrazine groups is 1. The molecular weight excluding hydrogens is 1160 g/mol. The molecule has 8 rings (SSSR count). The van der Waals surface area contributed by atoms with E-state index >= 15 is 0 Å². The second kappa shape index (κ2) is 33.3. The first-order valence-electron chi connectivity index (χ1n) is 32.9. The maximum absolute atomic E-state index is 14.9. The molecule has 0 radical (unpaired) electrons. The van der Waals surface area contributed by atoms with Crippen LogP contribution < -0.4 is 10.7 Å². The number of alkyl halides is 3. The molecule has 4 aromatic rings. The number of ether oxygens (including phenoxy) is 3. The van der Waals surface area contributed by atoms with Gasteiger partial charge in [-0.25, -0.2) is 10.4 Å². The Balaban J connectivity index is 0.000000536. The molecule has 2 aliphatic heterocycles. The number of ketones is 1. The number of pyridine rings is 1. The number of hydrogen-bond donors (Lipinski definition) is 2. The zero-order valence-corrected chi connectivity index (χ0v) is 56.7. The molecule has 4 aliphatic rings. The van der Waals surface area contributed by atoms with Crippen molar-refractivity contribution in [3.05, 3.63) is 58.2 Å². The van der Waals surface area contributed by atoms with Crippen molar-refractivity contribution in [3.63, 3.8) is 0 Å². The number of carbonyl (C=O) groups is 5. The molecule has 1 aromatic carbocycles. The summed E-state index contributed by atoms with van der Waals surface area (Å²) in [6.07, 6.45) is 10.1. The smallest absolute Gasteiger partial charge is 0.406 e. The summed E-state index contributed by atoms with van der Waals surface area (Å²) in [5, 5.41) is 8.04. The standard InChI is InChI=1S/C52H72F3N7O6S.C12H22O.C5H11NO/c1-8-34(3)27-51(9-2)30-60(23-24-68-51)46(36-15-10-11-16-36)48(64)59-41(49(65)62-22-13-12-21-57-62)26-44-58-42(29-69-44)37-18-19-43-39(25-37)40(28-50(5,6)32-67-33-63)47(61(43)31-52(53,54)55)38-17-14-20-56-45(38)35(4)66-7;1-5-8(2)12(11-6-7-11)9(3)10(4)13;1-4-5(7)6(2)3/h14,17-20,25,29,33-36,41,46,57H,8-13,15-16,21-24,26-28,30-32H2,1-7H3,(H,59,64);8-9,11-12H,5-7H2,1-4H3;4H2,1-3H3. The van der Waals surface area contributed by atoms with Crippen LogP contribution in [0.4, 0.5) is 13.2 Å². The molecule has 3 amide bonds. The van der Waals surface area contributed by atoms with Crippen LogP contribution in [0.15, 0.2) is 41.9 Å². The minimum atomic E-state index is -4.56. The molecule has 496 valence electrons. The molecule has 2 saturated heterocycles. The van der Waals surface area contributed by atoms with Gasteiger partial charge < -0.3 is 29.0 Å². The lowest BCUT2D eigenvalue weighted by molar-refractivity contribution is -0.152. The molecule has 2 saturated carbocycles. The number of Topliss-reactive ketones (excluding diaryl/α,β-unsaturated/α-hetero) is 1. The molecule has 2 N–H and O–H groups in total. The van der Waals surface area contributed by atoms with Gasteiger partial charge in [-0.15, -0.1) is 11.3 Å². The quantitative estimate of drug-likeness (QED) is 0.0541. The molecule has 4 fully saturated rings. The van der Waals surface area contributed by atoms with Crippen molar-refractivity contribution < 1.29 is 51.4 Å². The topological polar surface area (TPSA) is 178 Å². The van der Waals surface area contributed by atoms with Crippen LogP contribution in [0, 0.1) is 40.9 Å². The van der Waals surface area contributed by atoms with Gasteiger partial charge >= 0.3 is 6.18 Å². The minimum Gasteiger partial charge on any atom is -0.467 e. The number of methoxy groups -OCH3 is 1. The van der Waals surface area contributed by atoms with Crippen LogP contribution in [0.5, 0.6) is 0 Å². The summed E-state index contributed by atoms with van der Waals surface area (Å²) >= 11 is 1.38. The van der Waals surface area contributed by atoms with Crippen LogP contribution in [0.2, 0.25) is 0 Å². The number of nitrogens with one attached hydrogen (secondary N) is 2. The Hall–Kier alpha value is -5.28. The number of morpholine rings is 1. The van der Waals surface area contributed by atoms with Crippen molar-refractivity contribution in [1.82, 2.24) is 40.1 Å². The van der Waals surface area contributed by atoms with E-state index in [1.165, 1.54) is 42.3 Å². The average Bonchev–Trinajstić information content (AvgIpc) is 1.64. The van der Waals surface area contributed by atoms with Crippen LogP contribution in [-0.2, 0) is 57.6 Å². The summed E-state index contributed by atoms with van der Waals surface area (Å²) in [6.45, 7) is 24.7. The molecule has 8 unspecified atom stereocenters. The maximum Gasteiger partial charge on any atom is 0.406 e. The van der Waals surface area contributed by atoms with Crippen LogP contribution in [0.25, 0.3) is 33.4 Å². The van der Waals surface area contributed by atoms with Crippen LogP contribution in [0.1, 0.15) is 182 Å².